The van der Waals surface area contributed by atoms with E-state index < -0.39 is 0 Å². The highest BCUT2D eigenvalue weighted by molar-refractivity contribution is 5.19. The molecule has 1 heteroatoms. The molecule has 1 rings (SSSR count). The number of rotatable bonds is 3. The first-order valence-corrected chi connectivity index (χ1v) is 4.48. The van der Waals surface area contributed by atoms with Crippen molar-refractivity contribution >= 4 is 0 Å². The van der Waals surface area contributed by atoms with Gasteiger partial charge in [0.05, 0.1) is 6.10 Å². The van der Waals surface area contributed by atoms with Crippen LogP contribution in [0.15, 0.2) is 30.3 Å². The fourth-order valence-electron chi connectivity index (χ4n) is 1.33. The van der Waals surface area contributed by atoms with Gasteiger partial charge in [-0.3, -0.25) is 0 Å². The summed E-state index contributed by atoms with van der Waals surface area (Å²) >= 11 is 0. The van der Waals surface area contributed by atoms with E-state index >= 15 is 0 Å². The van der Waals surface area contributed by atoms with E-state index in [2.05, 4.69) is 19.1 Å². The zero-order chi connectivity index (χ0) is 8.97. The van der Waals surface area contributed by atoms with E-state index in [0.29, 0.717) is 0 Å². The SMILES string of the molecule is CC[C@H](O)[C@H](C)c1ccccc1. The first-order valence-electron chi connectivity index (χ1n) is 4.48. The van der Waals surface area contributed by atoms with Crippen LogP contribution in [0.5, 0.6) is 0 Å². The summed E-state index contributed by atoms with van der Waals surface area (Å²) in [6.07, 6.45) is 0.600. The summed E-state index contributed by atoms with van der Waals surface area (Å²) in [7, 11) is 0. The van der Waals surface area contributed by atoms with Crippen LogP contribution >= 0.6 is 0 Å². The van der Waals surface area contributed by atoms with Crippen molar-refractivity contribution in [2.24, 2.45) is 0 Å². The molecule has 0 unspecified atom stereocenters. The molecular weight excluding hydrogens is 148 g/mol. The van der Waals surface area contributed by atoms with Crippen molar-refractivity contribution in [2.45, 2.75) is 32.3 Å². The van der Waals surface area contributed by atoms with E-state index in [1.807, 2.05) is 25.1 Å². The van der Waals surface area contributed by atoms with Crippen LogP contribution in [0.25, 0.3) is 0 Å². The van der Waals surface area contributed by atoms with Gasteiger partial charge in [0.15, 0.2) is 0 Å². The largest absolute Gasteiger partial charge is 0.393 e. The summed E-state index contributed by atoms with van der Waals surface area (Å²) in [5, 5.41) is 9.58. The number of hydrogen-bond acceptors (Lipinski definition) is 1. The van der Waals surface area contributed by atoms with Crippen molar-refractivity contribution in [3.05, 3.63) is 35.9 Å². The minimum atomic E-state index is -0.215. The highest BCUT2D eigenvalue weighted by atomic mass is 16.3. The van der Waals surface area contributed by atoms with Crippen LogP contribution < -0.4 is 0 Å². The monoisotopic (exact) mass is 164 g/mol. The molecule has 0 saturated heterocycles. The van der Waals surface area contributed by atoms with E-state index in [-0.39, 0.29) is 12.0 Å². The Morgan fingerprint density at radius 1 is 1.25 bits per heavy atom. The third-order valence-corrected chi connectivity index (χ3v) is 2.32. The van der Waals surface area contributed by atoms with Crippen molar-refractivity contribution in [1.82, 2.24) is 0 Å². The average Bonchev–Trinajstić information content (AvgIpc) is 2.17. The first kappa shape index (κ1) is 9.27. The van der Waals surface area contributed by atoms with E-state index in [4.69, 9.17) is 0 Å². The minimum Gasteiger partial charge on any atom is -0.393 e. The van der Waals surface area contributed by atoms with Crippen LogP contribution in [0.4, 0.5) is 0 Å². The number of hydrogen-bond donors (Lipinski definition) is 1. The normalized spacial score (nSPS) is 15.6. The minimum absolute atomic E-state index is 0.215. The second-order valence-corrected chi connectivity index (χ2v) is 3.17. The molecule has 0 aliphatic carbocycles. The molecule has 0 aliphatic heterocycles. The predicted octanol–water partition coefficient (Wildman–Crippen LogP) is 2.56. The lowest BCUT2D eigenvalue weighted by atomic mass is 9.94. The molecule has 0 amide bonds. The second kappa shape index (κ2) is 4.27. The molecule has 0 bridgehead atoms. The van der Waals surface area contributed by atoms with Gasteiger partial charge in [-0.05, 0) is 12.0 Å². The molecule has 1 aromatic rings. The van der Waals surface area contributed by atoms with Crippen LogP contribution in [0.1, 0.15) is 31.7 Å². The lowest BCUT2D eigenvalue weighted by Gasteiger charge is -2.17. The van der Waals surface area contributed by atoms with Crippen molar-refractivity contribution in [3.8, 4) is 0 Å². The smallest absolute Gasteiger partial charge is 0.0603 e. The summed E-state index contributed by atoms with van der Waals surface area (Å²) in [6, 6.07) is 10.1. The van der Waals surface area contributed by atoms with Crippen molar-refractivity contribution in [3.63, 3.8) is 0 Å². The number of aliphatic hydroxyl groups excluding tert-OH is 1. The molecule has 1 aromatic carbocycles. The first-order chi connectivity index (χ1) is 5.75. The highest BCUT2D eigenvalue weighted by Gasteiger charge is 2.12. The standard InChI is InChI=1S/C11H16O/c1-3-11(12)9(2)10-7-5-4-6-8-10/h4-9,11-12H,3H2,1-2H3/t9-,11+/m1/s1. The number of benzene rings is 1. The van der Waals surface area contributed by atoms with Gasteiger partial charge in [0.1, 0.15) is 0 Å². The molecule has 0 fully saturated rings. The summed E-state index contributed by atoms with van der Waals surface area (Å²) in [5.41, 5.74) is 1.21. The molecule has 0 aromatic heterocycles. The molecule has 1 nitrogen and oxygen atoms in total. The molecule has 66 valence electrons. The Morgan fingerprint density at radius 3 is 2.33 bits per heavy atom. The Bertz CT molecular complexity index is 218. The molecular formula is C11H16O. The summed E-state index contributed by atoms with van der Waals surface area (Å²) in [5.74, 6) is 0.246. The Kier molecular flexibility index (Phi) is 3.30. The third kappa shape index (κ3) is 2.08. The van der Waals surface area contributed by atoms with Crippen molar-refractivity contribution in [1.29, 1.82) is 0 Å². The molecule has 1 N–H and O–H groups in total. The fraction of sp³-hybridized carbons (Fsp3) is 0.455. The van der Waals surface area contributed by atoms with Gasteiger partial charge in [0.25, 0.3) is 0 Å². The molecule has 0 saturated carbocycles. The van der Waals surface area contributed by atoms with Gasteiger partial charge < -0.3 is 5.11 Å². The van der Waals surface area contributed by atoms with E-state index in [0.717, 1.165) is 6.42 Å². The van der Waals surface area contributed by atoms with Gasteiger partial charge in [0, 0.05) is 5.92 Å². The molecule has 0 heterocycles. The Hall–Kier alpha value is -0.820. The van der Waals surface area contributed by atoms with Gasteiger partial charge in [-0.15, -0.1) is 0 Å². The second-order valence-electron chi connectivity index (χ2n) is 3.17. The summed E-state index contributed by atoms with van der Waals surface area (Å²) in [6.45, 7) is 4.06. The maximum Gasteiger partial charge on any atom is 0.0603 e. The Morgan fingerprint density at radius 2 is 1.83 bits per heavy atom. The number of aliphatic hydroxyl groups is 1. The zero-order valence-electron chi connectivity index (χ0n) is 7.70. The van der Waals surface area contributed by atoms with Crippen molar-refractivity contribution in [2.75, 3.05) is 0 Å². The van der Waals surface area contributed by atoms with E-state index in [9.17, 15) is 5.11 Å². The van der Waals surface area contributed by atoms with Gasteiger partial charge in [0.2, 0.25) is 0 Å². The molecule has 0 radical (unpaired) electrons. The Labute approximate surface area is 74.1 Å². The van der Waals surface area contributed by atoms with Gasteiger partial charge in [-0.2, -0.15) is 0 Å². The van der Waals surface area contributed by atoms with Crippen LogP contribution in [0, 0.1) is 0 Å². The fourth-order valence-corrected chi connectivity index (χ4v) is 1.33. The van der Waals surface area contributed by atoms with Gasteiger partial charge >= 0.3 is 0 Å². The molecule has 0 aliphatic rings. The van der Waals surface area contributed by atoms with Crippen LogP contribution in [0.3, 0.4) is 0 Å². The summed E-state index contributed by atoms with van der Waals surface area (Å²) in [4.78, 5) is 0. The average molecular weight is 164 g/mol. The van der Waals surface area contributed by atoms with Crippen LogP contribution in [-0.2, 0) is 0 Å². The third-order valence-electron chi connectivity index (χ3n) is 2.32. The Balaban J connectivity index is 2.71. The lowest BCUT2D eigenvalue weighted by molar-refractivity contribution is 0.145. The zero-order valence-corrected chi connectivity index (χ0v) is 7.70. The summed E-state index contributed by atoms with van der Waals surface area (Å²) < 4.78 is 0. The molecule has 2 atom stereocenters. The maximum atomic E-state index is 9.58. The topological polar surface area (TPSA) is 20.2 Å². The lowest BCUT2D eigenvalue weighted by Crippen LogP contribution is -2.14. The van der Waals surface area contributed by atoms with Crippen LogP contribution in [-0.4, -0.2) is 11.2 Å². The van der Waals surface area contributed by atoms with E-state index in [1.165, 1.54) is 5.56 Å². The van der Waals surface area contributed by atoms with Crippen molar-refractivity contribution < 1.29 is 5.11 Å². The van der Waals surface area contributed by atoms with Gasteiger partial charge in [-0.1, -0.05) is 44.2 Å². The van der Waals surface area contributed by atoms with Gasteiger partial charge in [-0.25, -0.2) is 0 Å². The quantitative estimate of drug-likeness (QED) is 0.728. The molecule has 0 spiro atoms. The van der Waals surface area contributed by atoms with Crippen LogP contribution in [0.2, 0.25) is 0 Å². The highest BCUT2D eigenvalue weighted by Crippen LogP contribution is 2.20. The maximum absolute atomic E-state index is 9.58. The predicted molar refractivity (Wildman–Crippen MR) is 51.2 cm³/mol. The molecule has 12 heavy (non-hydrogen) atoms. The van der Waals surface area contributed by atoms with E-state index in [1.54, 1.807) is 0 Å².